The van der Waals surface area contributed by atoms with E-state index in [0.29, 0.717) is 54.2 Å². The summed E-state index contributed by atoms with van der Waals surface area (Å²) < 4.78 is 36.5. The highest BCUT2D eigenvalue weighted by atomic mass is 19.1. The largest absolute Gasteiger partial charge is 0.494 e. The van der Waals surface area contributed by atoms with E-state index in [1.54, 1.807) is 25.1 Å². The lowest BCUT2D eigenvalue weighted by atomic mass is 9.92. The quantitative estimate of drug-likeness (QED) is 0.0590. The van der Waals surface area contributed by atoms with Crippen LogP contribution in [0, 0.1) is 24.6 Å². The SMILES string of the molecule is CC(C)c1noc(N2CCC(CCCOc3ccc(C(=O)N[C@@H](C)CO)c(F)c3)CC2)n1.Cc1cc(OCCCC2CCN(c3noc(C(C)C)n3)CC2)ccc1C(=O)NC(CO)CO. The van der Waals surface area contributed by atoms with Crippen LogP contribution in [0.5, 0.6) is 11.5 Å². The first-order valence-electron chi connectivity index (χ1n) is 23.1. The molecule has 1 atom stereocenters. The lowest BCUT2D eigenvalue weighted by molar-refractivity contribution is 0.0877. The van der Waals surface area contributed by atoms with E-state index in [4.69, 9.17) is 33.8 Å². The van der Waals surface area contributed by atoms with Crippen LogP contribution >= 0.6 is 0 Å². The van der Waals surface area contributed by atoms with Crippen molar-refractivity contribution >= 4 is 23.8 Å². The molecule has 4 aromatic rings. The van der Waals surface area contributed by atoms with Crippen molar-refractivity contribution in [1.82, 2.24) is 30.9 Å². The number of piperidine rings is 2. The van der Waals surface area contributed by atoms with Crippen LogP contribution in [0.3, 0.4) is 0 Å². The molecule has 358 valence electrons. The molecule has 18 heteroatoms. The van der Waals surface area contributed by atoms with Crippen molar-refractivity contribution in [3.63, 3.8) is 0 Å². The number of carbonyl (C=O) groups excluding carboxylic acids is 2. The number of aliphatic hydroxyl groups is 3. The number of nitrogens with zero attached hydrogens (tertiary/aromatic N) is 6. The third-order valence-corrected chi connectivity index (χ3v) is 11.8. The summed E-state index contributed by atoms with van der Waals surface area (Å²) in [4.78, 5) is 37.6. The van der Waals surface area contributed by atoms with Gasteiger partial charge in [0.1, 0.15) is 17.3 Å². The van der Waals surface area contributed by atoms with E-state index in [2.05, 4.69) is 40.7 Å². The predicted molar refractivity (Wildman–Crippen MR) is 243 cm³/mol. The molecule has 6 rings (SSSR count). The third-order valence-electron chi connectivity index (χ3n) is 11.8. The molecule has 65 heavy (non-hydrogen) atoms. The summed E-state index contributed by atoms with van der Waals surface area (Å²) in [6.45, 7) is 15.7. The number of benzene rings is 2. The Balaban J connectivity index is 0.000000244. The zero-order chi connectivity index (χ0) is 46.9. The molecule has 2 aliphatic heterocycles. The minimum absolute atomic E-state index is 0.0637. The van der Waals surface area contributed by atoms with Crippen LogP contribution < -0.4 is 29.9 Å². The monoisotopic (exact) mass is 909 g/mol. The number of anilines is 2. The van der Waals surface area contributed by atoms with Gasteiger partial charge in [-0.05, 0) is 118 Å². The standard InChI is InChI=1S/C24H36N4O5.C23H33FN4O4/c1-16(2)23-26-24(27-33-23)28-10-8-18(9-11-28)5-4-12-32-20-6-7-21(17(3)13-20)22(31)25-19(14-29)15-30;1-15(2)21-26-23(32-27-21)28-10-8-17(9-11-28)5-4-12-31-18-6-7-19(20(24)13-18)22(30)25-16(3)14-29/h6-7,13,16,18-19,29-30H,4-5,8-12,14-15H2,1-3H3,(H,25,31);6-7,13,15-17,29H,4-5,8-12,14H2,1-3H3,(H,25,30)/t;16-/m.0/s1. The summed E-state index contributed by atoms with van der Waals surface area (Å²) in [5.41, 5.74) is 1.23. The molecule has 2 saturated heterocycles. The summed E-state index contributed by atoms with van der Waals surface area (Å²) in [7, 11) is 0. The number of amides is 2. The molecule has 2 amide bonds. The highest BCUT2D eigenvalue weighted by molar-refractivity contribution is 5.96. The highest BCUT2D eigenvalue weighted by Crippen LogP contribution is 2.28. The molecule has 0 spiro atoms. The Labute approximate surface area is 381 Å². The van der Waals surface area contributed by atoms with Crippen LogP contribution in [0.1, 0.15) is 136 Å². The van der Waals surface area contributed by atoms with Crippen molar-refractivity contribution in [2.24, 2.45) is 11.8 Å². The molecule has 2 aliphatic rings. The fourth-order valence-corrected chi connectivity index (χ4v) is 7.65. The Hall–Kier alpha value is -5.33. The number of hydrogen-bond donors (Lipinski definition) is 5. The van der Waals surface area contributed by atoms with Gasteiger partial charge in [0, 0.05) is 55.7 Å². The Morgan fingerprint density at radius 2 is 1.31 bits per heavy atom. The second kappa shape index (κ2) is 25.4. The number of carbonyl (C=O) groups is 2. The topological polar surface area (TPSA) is 222 Å². The molecule has 17 nitrogen and oxygen atoms in total. The van der Waals surface area contributed by atoms with Crippen LogP contribution in [0.2, 0.25) is 0 Å². The van der Waals surface area contributed by atoms with E-state index >= 15 is 0 Å². The van der Waals surface area contributed by atoms with Crippen LogP contribution in [-0.4, -0.2) is 119 Å². The lowest BCUT2D eigenvalue weighted by Crippen LogP contribution is -2.40. The molecule has 2 fully saturated rings. The molecule has 0 aliphatic carbocycles. The van der Waals surface area contributed by atoms with E-state index < -0.39 is 23.8 Å². The van der Waals surface area contributed by atoms with Crippen molar-refractivity contribution in [3.05, 3.63) is 70.6 Å². The first-order chi connectivity index (χ1) is 31.3. The summed E-state index contributed by atoms with van der Waals surface area (Å²) >= 11 is 0. The fraction of sp³-hybridized carbons (Fsp3) is 0.617. The van der Waals surface area contributed by atoms with Crippen LogP contribution in [0.4, 0.5) is 16.4 Å². The molecule has 0 radical (unpaired) electrons. The second-order valence-electron chi connectivity index (χ2n) is 17.7. The van der Waals surface area contributed by atoms with Crippen molar-refractivity contribution in [2.45, 2.75) is 117 Å². The van der Waals surface area contributed by atoms with Crippen LogP contribution in [0.15, 0.2) is 45.4 Å². The summed E-state index contributed by atoms with van der Waals surface area (Å²) in [5, 5.41) is 40.5. The van der Waals surface area contributed by atoms with Gasteiger partial charge in [0.05, 0.1) is 44.6 Å². The predicted octanol–water partition coefficient (Wildman–Crippen LogP) is 6.18. The molecule has 0 unspecified atom stereocenters. The molecular weight excluding hydrogens is 840 g/mol. The van der Waals surface area contributed by atoms with Gasteiger partial charge in [-0.15, -0.1) is 0 Å². The molecule has 4 heterocycles. The van der Waals surface area contributed by atoms with Crippen molar-refractivity contribution in [1.29, 1.82) is 0 Å². The number of nitrogens with one attached hydrogen (secondary N) is 2. The summed E-state index contributed by atoms with van der Waals surface area (Å²) in [6.07, 6.45) is 8.33. The van der Waals surface area contributed by atoms with Gasteiger partial charge in [-0.1, -0.05) is 32.9 Å². The van der Waals surface area contributed by atoms with Crippen molar-refractivity contribution in [2.75, 3.05) is 69.0 Å². The number of aromatic nitrogens is 4. The summed E-state index contributed by atoms with van der Waals surface area (Å²) in [6, 6.07) is 9.08. The fourth-order valence-electron chi connectivity index (χ4n) is 7.65. The van der Waals surface area contributed by atoms with Gasteiger partial charge in [-0.3, -0.25) is 9.59 Å². The number of halogens is 1. The number of hydrogen-bond acceptors (Lipinski definition) is 15. The first-order valence-corrected chi connectivity index (χ1v) is 23.1. The minimum Gasteiger partial charge on any atom is -0.494 e. The number of ether oxygens (including phenoxy) is 2. The van der Waals surface area contributed by atoms with Crippen LogP contribution in [-0.2, 0) is 0 Å². The number of rotatable bonds is 21. The molecule has 5 N–H and O–H groups in total. The maximum absolute atomic E-state index is 14.3. The van der Waals surface area contributed by atoms with Crippen LogP contribution in [0.25, 0.3) is 0 Å². The summed E-state index contributed by atoms with van der Waals surface area (Å²) in [5.74, 6) is 3.53. The zero-order valence-corrected chi connectivity index (χ0v) is 38.8. The molecule has 2 aromatic carbocycles. The van der Waals surface area contributed by atoms with Gasteiger partial charge in [-0.2, -0.15) is 9.97 Å². The van der Waals surface area contributed by atoms with E-state index in [0.717, 1.165) is 94.7 Å². The van der Waals surface area contributed by atoms with Gasteiger partial charge in [-0.25, -0.2) is 4.39 Å². The normalized spacial score (nSPS) is 15.3. The van der Waals surface area contributed by atoms with Gasteiger partial charge in [0.2, 0.25) is 5.89 Å². The molecule has 0 saturated carbocycles. The number of aliphatic hydroxyl groups excluding tert-OH is 3. The average Bonchev–Trinajstić information content (AvgIpc) is 4.01. The zero-order valence-electron chi connectivity index (χ0n) is 38.8. The third kappa shape index (κ3) is 15.4. The van der Waals surface area contributed by atoms with E-state index in [1.807, 2.05) is 40.7 Å². The second-order valence-corrected chi connectivity index (χ2v) is 17.7. The van der Waals surface area contributed by atoms with Crippen molar-refractivity contribution < 1.29 is 47.8 Å². The minimum atomic E-state index is -0.663. The van der Waals surface area contributed by atoms with E-state index in [9.17, 15) is 14.0 Å². The maximum Gasteiger partial charge on any atom is 0.324 e. The smallest absolute Gasteiger partial charge is 0.324 e. The molecule has 2 aromatic heterocycles. The van der Waals surface area contributed by atoms with Gasteiger partial charge < -0.3 is 54.3 Å². The van der Waals surface area contributed by atoms with Gasteiger partial charge in [0.15, 0.2) is 5.82 Å². The first kappa shape index (κ1) is 50.7. The van der Waals surface area contributed by atoms with E-state index in [1.165, 1.54) is 12.1 Å². The lowest BCUT2D eigenvalue weighted by Gasteiger charge is -2.30. The molecule has 0 bridgehead atoms. The molecular formula is C47H69FN8O9. The maximum atomic E-state index is 14.3. The van der Waals surface area contributed by atoms with E-state index in [-0.39, 0.29) is 43.1 Å². The Kier molecular flexibility index (Phi) is 19.8. The Bertz CT molecular complexity index is 2060. The average molecular weight is 909 g/mol. The van der Waals surface area contributed by atoms with Crippen molar-refractivity contribution in [3.8, 4) is 11.5 Å². The Morgan fingerprint density at radius 1 is 0.738 bits per heavy atom. The highest BCUT2D eigenvalue weighted by Gasteiger charge is 2.25. The Morgan fingerprint density at radius 3 is 1.82 bits per heavy atom. The number of aryl methyl sites for hydroxylation is 1. The van der Waals surface area contributed by atoms with Gasteiger partial charge in [0.25, 0.3) is 17.8 Å². The van der Waals surface area contributed by atoms with Gasteiger partial charge >= 0.3 is 6.01 Å².